The van der Waals surface area contributed by atoms with Gasteiger partial charge in [-0.2, -0.15) is 0 Å². The van der Waals surface area contributed by atoms with Crippen molar-refractivity contribution in [2.45, 2.75) is 128 Å². The monoisotopic (exact) mass is 604 g/mol. The molecule has 6 heteroatoms. The zero-order chi connectivity index (χ0) is 30.8. The Morgan fingerprint density at radius 1 is 0.818 bits per heavy atom. The fourth-order valence-electron chi connectivity index (χ4n) is 8.72. The molecule has 240 valence electrons. The number of carbonyl (C=O) groups is 2. The third-order valence-corrected chi connectivity index (χ3v) is 10.8. The number of rotatable bonds is 16. The molecule has 2 aromatic carbocycles. The summed E-state index contributed by atoms with van der Waals surface area (Å²) in [6.07, 6.45) is 15.0. The van der Waals surface area contributed by atoms with Crippen LogP contribution in [0, 0.1) is 5.92 Å². The second-order valence-corrected chi connectivity index (χ2v) is 13.5. The number of benzene rings is 2. The molecular formula is C38H54NO5+. The van der Waals surface area contributed by atoms with Crippen LogP contribution in [0.4, 0.5) is 0 Å². The van der Waals surface area contributed by atoms with Crippen LogP contribution in [0.25, 0.3) is 0 Å². The highest BCUT2D eigenvalue weighted by molar-refractivity contribution is 5.86. The van der Waals surface area contributed by atoms with Gasteiger partial charge in [0, 0.05) is 44.9 Å². The van der Waals surface area contributed by atoms with Gasteiger partial charge in [0.05, 0.1) is 25.2 Å². The summed E-state index contributed by atoms with van der Waals surface area (Å²) in [4.78, 5) is 27.2. The zero-order valence-electron chi connectivity index (χ0n) is 27.1. The second kappa shape index (κ2) is 15.5. The van der Waals surface area contributed by atoms with Crippen molar-refractivity contribution in [3.63, 3.8) is 0 Å². The van der Waals surface area contributed by atoms with Gasteiger partial charge in [0.15, 0.2) is 6.79 Å². The molecule has 0 radical (unpaired) electrons. The van der Waals surface area contributed by atoms with Gasteiger partial charge in [-0.3, -0.25) is 4.79 Å². The minimum absolute atomic E-state index is 0.133. The minimum Gasteiger partial charge on any atom is -0.459 e. The Morgan fingerprint density at radius 2 is 1.39 bits per heavy atom. The van der Waals surface area contributed by atoms with E-state index >= 15 is 0 Å². The van der Waals surface area contributed by atoms with E-state index in [0.29, 0.717) is 29.6 Å². The smallest absolute Gasteiger partial charge is 0.348 e. The molecule has 5 rings (SSSR count). The van der Waals surface area contributed by atoms with Crippen LogP contribution in [0.15, 0.2) is 60.7 Å². The molecule has 0 saturated carbocycles. The second-order valence-electron chi connectivity index (χ2n) is 13.5. The van der Waals surface area contributed by atoms with Crippen molar-refractivity contribution in [3.05, 3.63) is 71.8 Å². The molecule has 2 unspecified atom stereocenters. The van der Waals surface area contributed by atoms with E-state index in [0.717, 1.165) is 38.0 Å². The predicted octanol–water partition coefficient (Wildman–Crippen LogP) is 8.07. The summed E-state index contributed by atoms with van der Waals surface area (Å²) >= 11 is 0. The Balaban J connectivity index is 1.27. The van der Waals surface area contributed by atoms with E-state index < -0.39 is 11.6 Å². The van der Waals surface area contributed by atoms with Gasteiger partial charge in [0.1, 0.15) is 6.10 Å². The van der Waals surface area contributed by atoms with Crippen molar-refractivity contribution < 1.29 is 28.3 Å². The molecule has 0 amide bonds. The molecule has 3 aliphatic heterocycles. The number of nitrogens with zero attached hydrogens (tertiary/aromatic N) is 1. The standard InChI is InChI=1S/C38H54NO5/c1-3-15-30(16-4-2)17-11-12-22-36(40)42-29-43-38(31-18-7-5-8-19-31,32-20-9-6-10-21-32)37(41)44-35-27-33-23-24-34(28-35)39(33)25-13-14-26-39/h5-10,18-21,30,33-35H,3-4,11-17,22-29H2,1-2H3/q+1. The van der Waals surface area contributed by atoms with E-state index in [1.807, 2.05) is 60.7 Å². The van der Waals surface area contributed by atoms with Gasteiger partial charge in [0.2, 0.25) is 5.60 Å². The summed E-state index contributed by atoms with van der Waals surface area (Å²) < 4.78 is 19.7. The number of esters is 2. The van der Waals surface area contributed by atoms with Gasteiger partial charge in [-0.05, 0) is 23.5 Å². The van der Waals surface area contributed by atoms with Crippen LogP contribution in [0.5, 0.6) is 0 Å². The first kappa shape index (κ1) is 32.7. The number of unbranched alkanes of at least 4 members (excludes halogenated alkanes) is 1. The third kappa shape index (κ3) is 7.23. The molecular weight excluding hydrogens is 550 g/mol. The van der Waals surface area contributed by atoms with Gasteiger partial charge >= 0.3 is 11.9 Å². The molecule has 6 nitrogen and oxygen atoms in total. The fourth-order valence-corrected chi connectivity index (χ4v) is 8.72. The molecule has 44 heavy (non-hydrogen) atoms. The highest BCUT2D eigenvalue weighted by Gasteiger charge is 2.57. The topological polar surface area (TPSA) is 61.8 Å². The van der Waals surface area contributed by atoms with Crippen LogP contribution in [-0.2, 0) is 29.4 Å². The highest BCUT2D eigenvalue weighted by atomic mass is 16.7. The lowest BCUT2D eigenvalue weighted by Crippen LogP contribution is -2.60. The Morgan fingerprint density at radius 3 is 1.93 bits per heavy atom. The third-order valence-electron chi connectivity index (χ3n) is 10.8. The molecule has 0 N–H and O–H groups in total. The minimum atomic E-state index is -1.53. The molecule has 1 spiro atoms. The molecule has 3 aliphatic rings. The van der Waals surface area contributed by atoms with Gasteiger partial charge in [-0.15, -0.1) is 0 Å². The first-order chi connectivity index (χ1) is 21.5. The largest absolute Gasteiger partial charge is 0.459 e. The maximum Gasteiger partial charge on any atom is 0.348 e. The van der Waals surface area contributed by atoms with E-state index in [2.05, 4.69) is 13.8 Å². The van der Waals surface area contributed by atoms with Crippen molar-refractivity contribution in [1.82, 2.24) is 0 Å². The Hall–Kier alpha value is -2.70. The molecule has 3 saturated heterocycles. The predicted molar refractivity (Wildman–Crippen MR) is 173 cm³/mol. The zero-order valence-corrected chi connectivity index (χ0v) is 27.1. The van der Waals surface area contributed by atoms with E-state index in [-0.39, 0.29) is 18.9 Å². The molecule has 2 atom stereocenters. The van der Waals surface area contributed by atoms with Crippen LogP contribution in [0.2, 0.25) is 0 Å². The Labute approximate surface area is 265 Å². The average molecular weight is 605 g/mol. The summed E-state index contributed by atoms with van der Waals surface area (Å²) in [6.45, 7) is 6.72. The van der Waals surface area contributed by atoms with Crippen LogP contribution in [0.3, 0.4) is 0 Å². The van der Waals surface area contributed by atoms with Crippen LogP contribution in [-0.4, -0.2) is 54.5 Å². The van der Waals surface area contributed by atoms with Gasteiger partial charge in [-0.25, -0.2) is 4.79 Å². The first-order valence-electron chi connectivity index (χ1n) is 17.5. The number of hydrogen-bond acceptors (Lipinski definition) is 5. The van der Waals surface area contributed by atoms with Crippen LogP contribution in [0.1, 0.15) is 115 Å². The lowest BCUT2D eigenvalue weighted by molar-refractivity contribution is -0.956. The number of carbonyl (C=O) groups excluding carboxylic acids is 2. The van der Waals surface area contributed by atoms with Gasteiger partial charge in [0.25, 0.3) is 0 Å². The summed E-state index contributed by atoms with van der Waals surface area (Å²) in [5.74, 6) is 0.0252. The molecule has 0 aromatic heterocycles. The number of hydrogen-bond donors (Lipinski definition) is 0. The summed E-state index contributed by atoms with van der Waals surface area (Å²) in [7, 11) is 0. The van der Waals surface area contributed by atoms with E-state index in [4.69, 9.17) is 14.2 Å². The number of ether oxygens (including phenoxy) is 3. The van der Waals surface area contributed by atoms with Gasteiger partial charge < -0.3 is 18.7 Å². The normalized spacial score (nSPS) is 22.4. The van der Waals surface area contributed by atoms with E-state index in [1.165, 1.54) is 68.9 Å². The van der Waals surface area contributed by atoms with Crippen molar-refractivity contribution >= 4 is 11.9 Å². The maximum atomic E-state index is 14.4. The van der Waals surface area contributed by atoms with Crippen molar-refractivity contribution in [3.8, 4) is 0 Å². The van der Waals surface area contributed by atoms with Gasteiger partial charge in [-0.1, -0.05) is 113 Å². The maximum absolute atomic E-state index is 14.4. The number of piperidine rings is 1. The van der Waals surface area contributed by atoms with Crippen LogP contribution >= 0.6 is 0 Å². The van der Waals surface area contributed by atoms with Crippen molar-refractivity contribution in [2.75, 3.05) is 19.9 Å². The molecule has 2 bridgehead atoms. The quantitative estimate of drug-likeness (QED) is 0.0839. The van der Waals surface area contributed by atoms with Crippen LogP contribution < -0.4 is 0 Å². The summed E-state index contributed by atoms with van der Waals surface area (Å²) in [5.41, 5.74) is -0.189. The molecule has 0 aliphatic carbocycles. The molecule has 3 fully saturated rings. The molecule has 3 heterocycles. The first-order valence-corrected chi connectivity index (χ1v) is 17.5. The average Bonchev–Trinajstić information content (AvgIpc) is 3.59. The lowest BCUT2D eigenvalue weighted by Gasteiger charge is -2.47. The number of quaternary nitrogens is 1. The summed E-state index contributed by atoms with van der Waals surface area (Å²) in [5, 5.41) is 0. The van der Waals surface area contributed by atoms with E-state index in [9.17, 15) is 9.59 Å². The van der Waals surface area contributed by atoms with Crippen molar-refractivity contribution in [1.29, 1.82) is 0 Å². The Kier molecular flexibility index (Phi) is 11.5. The Bertz CT molecular complexity index is 1120. The summed E-state index contributed by atoms with van der Waals surface area (Å²) in [6, 6.07) is 20.2. The lowest BCUT2D eigenvalue weighted by atomic mass is 9.85. The fraction of sp³-hybridized carbons (Fsp3) is 0.632. The SMILES string of the molecule is CCCC(CCC)CCCCC(=O)OCOC(C(=O)OC1CC2CCC(C1)[N+]21CCCC1)(c1ccccc1)c1ccccc1. The van der Waals surface area contributed by atoms with E-state index in [1.54, 1.807) is 0 Å². The molecule has 2 aromatic rings. The van der Waals surface area contributed by atoms with Crippen molar-refractivity contribution in [2.24, 2.45) is 5.92 Å². The highest BCUT2D eigenvalue weighted by Crippen LogP contribution is 2.47.